The van der Waals surface area contributed by atoms with Gasteiger partial charge in [-0.15, -0.1) is 0 Å². The quantitative estimate of drug-likeness (QED) is 0.849. The molecule has 0 aliphatic rings. The Hall–Kier alpha value is -2.36. The molecule has 3 N–H and O–H groups in total. The van der Waals surface area contributed by atoms with Gasteiger partial charge in [0.2, 0.25) is 5.91 Å². The van der Waals surface area contributed by atoms with Crippen LogP contribution in [0.2, 0.25) is 0 Å². The molecule has 0 aliphatic carbocycles. The second kappa shape index (κ2) is 5.95. The molecular weight excluding hydrogens is 267 g/mol. The highest BCUT2D eigenvalue weighted by Crippen LogP contribution is 2.20. The van der Waals surface area contributed by atoms with Crippen LogP contribution in [0.25, 0.3) is 0 Å². The minimum Gasteiger partial charge on any atom is -0.399 e. The van der Waals surface area contributed by atoms with Crippen LogP contribution in [0.3, 0.4) is 0 Å². The fourth-order valence-corrected chi connectivity index (χ4v) is 2.15. The predicted octanol–water partition coefficient (Wildman–Crippen LogP) is 3.00. The number of benzene rings is 2. The lowest BCUT2D eigenvalue weighted by atomic mass is 9.94. The van der Waals surface area contributed by atoms with E-state index in [1.54, 1.807) is 24.3 Å². The van der Waals surface area contributed by atoms with Crippen LogP contribution in [0.5, 0.6) is 0 Å². The van der Waals surface area contributed by atoms with Gasteiger partial charge in [-0.1, -0.05) is 24.3 Å². The van der Waals surface area contributed by atoms with E-state index in [4.69, 9.17) is 5.73 Å². The molecule has 0 aromatic heterocycles. The first kappa shape index (κ1) is 15.0. The summed E-state index contributed by atoms with van der Waals surface area (Å²) in [5.74, 6) is -0.378. The van der Waals surface area contributed by atoms with Gasteiger partial charge in [0, 0.05) is 5.69 Å². The molecule has 0 spiro atoms. The molecule has 0 unspecified atom stereocenters. The average Bonchev–Trinajstić information content (AvgIpc) is 2.41. The maximum absolute atomic E-state index is 13.0. The van der Waals surface area contributed by atoms with Crippen molar-refractivity contribution in [3.05, 3.63) is 65.5 Å². The van der Waals surface area contributed by atoms with Gasteiger partial charge in [0.15, 0.2) is 0 Å². The summed E-state index contributed by atoms with van der Waals surface area (Å²) in [6, 6.07) is 13.4. The van der Waals surface area contributed by atoms with Gasteiger partial charge in [0.25, 0.3) is 0 Å². The molecule has 0 atom stereocenters. The number of nitrogens with two attached hydrogens (primary N) is 1. The lowest BCUT2D eigenvalue weighted by Crippen LogP contribution is -2.41. The summed E-state index contributed by atoms with van der Waals surface area (Å²) in [6.07, 6.45) is 0.283. The highest BCUT2D eigenvalue weighted by Gasteiger charge is 2.22. The predicted molar refractivity (Wildman–Crippen MR) is 82.1 cm³/mol. The van der Waals surface area contributed by atoms with Crippen molar-refractivity contribution in [1.82, 2.24) is 5.32 Å². The molecule has 0 aliphatic heterocycles. The van der Waals surface area contributed by atoms with Gasteiger partial charge in [-0.25, -0.2) is 4.39 Å². The number of rotatable bonds is 4. The van der Waals surface area contributed by atoms with Crippen molar-refractivity contribution in [2.75, 3.05) is 5.73 Å². The number of amides is 1. The molecule has 0 fully saturated rings. The number of nitrogens with one attached hydrogen (secondary N) is 1. The summed E-state index contributed by atoms with van der Waals surface area (Å²) < 4.78 is 13.0. The summed E-state index contributed by atoms with van der Waals surface area (Å²) in [7, 11) is 0. The highest BCUT2D eigenvalue weighted by atomic mass is 19.1. The monoisotopic (exact) mass is 286 g/mol. The van der Waals surface area contributed by atoms with Crippen LogP contribution in [-0.4, -0.2) is 5.91 Å². The lowest BCUT2D eigenvalue weighted by molar-refractivity contribution is -0.122. The number of carbonyl (C=O) groups is 1. The van der Waals surface area contributed by atoms with Crippen molar-refractivity contribution < 1.29 is 9.18 Å². The Morgan fingerprint density at radius 3 is 2.24 bits per heavy atom. The van der Waals surface area contributed by atoms with E-state index in [2.05, 4.69) is 5.32 Å². The Labute approximate surface area is 124 Å². The molecule has 0 saturated carbocycles. The van der Waals surface area contributed by atoms with Crippen molar-refractivity contribution >= 4 is 11.6 Å². The van der Waals surface area contributed by atoms with Gasteiger partial charge < -0.3 is 11.1 Å². The molecule has 0 saturated heterocycles. The molecule has 2 aromatic rings. The van der Waals surface area contributed by atoms with E-state index >= 15 is 0 Å². The van der Waals surface area contributed by atoms with Crippen LogP contribution in [0.4, 0.5) is 10.1 Å². The first-order chi connectivity index (χ1) is 9.87. The molecule has 0 heterocycles. The summed E-state index contributed by atoms with van der Waals surface area (Å²) in [6.45, 7) is 3.78. The van der Waals surface area contributed by atoms with Crippen molar-refractivity contribution in [3.8, 4) is 0 Å². The molecule has 2 aromatic carbocycles. The molecular formula is C17H19FN2O. The third kappa shape index (κ3) is 4.05. The molecule has 0 bridgehead atoms. The number of nitrogen functional groups attached to an aromatic ring is 1. The summed E-state index contributed by atoms with van der Waals surface area (Å²) >= 11 is 0. The van der Waals surface area contributed by atoms with E-state index < -0.39 is 5.54 Å². The topological polar surface area (TPSA) is 55.1 Å². The van der Waals surface area contributed by atoms with E-state index in [1.165, 1.54) is 12.1 Å². The third-order valence-corrected chi connectivity index (χ3v) is 3.36. The number of halogens is 1. The van der Waals surface area contributed by atoms with E-state index in [0.29, 0.717) is 5.69 Å². The van der Waals surface area contributed by atoms with Crippen molar-refractivity contribution in [3.63, 3.8) is 0 Å². The molecule has 110 valence electrons. The normalized spacial score (nSPS) is 11.2. The molecule has 4 heteroatoms. The summed E-state index contributed by atoms with van der Waals surface area (Å²) in [5.41, 5.74) is 7.49. The SMILES string of the molecule is CC(C)(NC(=O)Cc1ccc(N)cc1)c1ccc(F)cc1. The van der Waals surface area contributed by atoms with Crippen LogP contribution >= 0.6 is 0 Å². The van der Waals surface area contributed by atoms with Gasteiger partial charge in [-0.2, -0.15) is 0 Å². The van der Waals surface area contributed by atoms with Crippen molar-refractivity contribution in [2.45, 2.75) is 25.8 Å². The summed E-state index contributed by atoms with van der Waals surface area (Å²) in [4.78, 5) is 12.1. The average molecular weight is 286 g/mol. The minimum atomic E-state index is -0.557. The molecule has 0 radical (unpaired) electrons. The van der Waals surface area contributed by atoms with E-state index in [9.17, 15) is 9.18 Å². The van der Waals surface area contributed by atoms with Crippen LogP contribution in [0, 0.1) is 5.82 Å². The standard InChI is InChI=1S/C17H19FN2O/c1-17(2,13-5-7-14(18)8-6-13)20-16(21)11-12-3-9-15(19)10-4-12/h3-10H,11,19H2,1-2H3,(H,20,21). The zero-order chi connectivity index (χ0) is 15.5. The van der Waals surface area contributed by atoms with Gasteiger partial charge >= 0.3 is 0 Å². The fraction of sp³-hybridized carbons (Fsp3) is 0.235. The van der Waals surface area contributed by atoms with Crippen LogP contribution in [0.15, 0.2) is 48.5 Å². The first-order valence-corrected chi connectivity index (χ1v) is 6.78. The van der Waals surface area contributed by atoms with E-state index in [-0.39, 0.29) is 18.1 Å². The van der Waals surface area contributed by atoms with Crippen molar-refractivity contribution in [2.24, 2.45) is 0 Å². The van der Waals surface area contributed by atoms with E-state index in [0.717, 1.165) is 11.1 Å². The Morgan fingerprint density at radius 1 is 1.10 bits per heavy atom. The highest BCUT2D eigenvalue weighted by molar-refractivity contribution is 5.79. The van der Waals surface area contributed by atoms with Gasteiger partial charge in [0.1, 0.15) is 5.82 Å². The van der Waals surface area contributed by atoms with E-state index in [1.807, 2.05) is 26.0 Å². The lowest BCUT2D eigenvalue weighted by Gasteiger charge is -2.27. The molecule has 3 nitrogen and oxygen atoms in total. The largest absolute Gasteiger partial charge is 0.399 e. The number of hydrogen-bond donors (Lipinski definition) is 2. The molecule has 21 heavy (non-hydrogen) atoms. The maximum Gasteiger partial charge on any atom is 0.225 e. The van der Waals surface area contributed by atoms with Gasteiger partial charge in [-0.05, 0) is 49.2 Å². The summed E-state index contributed by atoms with van der Waals surface area (Å²) in [5, 5.41) is 2.96. The first-order valence-electron chi connectivity index (χ1n) is 6.78. The van der Waals surface area contributed by atoms with Gasteiger partial charge in [-0.3, -0.25) is 4.79 Å². The van der Waals surface area contributed by atoms with Gasteiger partial charge in [0.05, 0.1) is 12.0 Å². The number of anilines is 1. The smallest absolute Gasteiger partial charge is 0.225 e. The third-order valence-electron chi connectivity index (χ3n) is 3.36. The van der Waals surface area contributed by atoms with Crippen LogP contribution in [0.1, 0.15) is 25.0 Å². The Morgan fingerprint density at radius 2 is 1.67 bits per heavy atom. The Bertz CT molecular complexity index is 618. The second-order valence-electron chi connectivity index (χ2n) is 5.60. The van der Waals surface area contributed by atoms with Crippen LogP contribution in [-0.2, 0) is 16.8 Å². The number of carbonyl (C=O) groups excluding carboxylic acids is 1. The molecule has 1 amide bonds. The number of hydrogen-bond acceptors (Lipinski definition) is 2. The second-order valence-corrected chi connectivity index (χ2v) is 5.60. The Balaban J connectivity index is 2.03. The Kier molecular flexibility index (Phi) is 4.26. The van der Waals surface area contributed by atoms with Crippen molar-refractivity contribution in [1.29, 1.82) is 0 Å². The molecule has 2 rings (SSSR count). The minimum absolute atomic E-state index is 0.0888. The maximum atomic E-state index is 13.0. The zero-order valence-corrected chi connectivity index (χ0v) is 12.2. The zero-order valence-electron chi connectivity index (χ0n) is 12.2. The fourth-order valence-electron chi connectivity index (χ4n) is 2.15. The van der Waals surface area contributed by atoms with Crippen LogP contribution < -0.4 is 11.1 Å².